The van der Waals surface area contributed by atoms with Crippen LogP contribution in [-0.2, 0) is 16.1 Å². The van der Waals surface area contributed by atoms with Crippen molar-refractivity contribution in [2.45, 2.75) is 19.9 Å². The van der Waals surface area contributed by atoms with Crippen LogP contribution in [0.4, 0.5) is 10.5 Å². The number of carbonyl (C=O) groups is 2. The average molecular weight is 325 g/mol. The van der Waals surface area contributed by atoms with Gasteiger partial charge in [-0.15, -0.1) is 0 Å². The molecule has 0 saturated carbocycles. The molecule has 10 nitrogen and oxygen atoms in total. The molecule has 1 aromatic rings. The van der Waals surface area contributed by atoms with Gasteiger partial charge in [0, 0.05) is 39.1 Å². The predicted molar refractivity (Wildman–Crippen MR) is 78.7 cm³/mol. The van der Waals surface area contributed by atoms with E-state index in [1.807, 2.05) is 0 Å². The molecule has 2 amide bonds. The van der Waals surface area contributed by atoms with Crippen molar-refractivity contribution >= 4 is 17.7 Å². The first kappa shape index (κ1) is 16.7. The van der Waals surface area contributed by atoms with E-state index in [-0.39, 0.29) is 30.7 Å². The number of aromatic nitrogens is 2. The third kappa shape index (κ3) is 4.41. The largest absolute Gasteiger partial charge is 0.450 e. The molecule has 23 heavy (non-hydrogen) atoms. The molecule has 1 aromatic heterocycles. The predicted octanol–water partition coefficient (Wildman–Crippen LogP) is 0.482. The maximum Gasteiger partial charge on any atom is 0.409 e. The molecule has 1 aliphatic heterocycles. The first-order valence-corrected chi connectivity index (χ1v) is 7.37. The van der Waals surface area contributed by atoms with Gasteiger partial charge in [0.15, 0.2) is 0 Å². The van der Waals surface area contributed by atoms with Crippen LogP contribution in [-0.4, -0.2) is 69.3 Å². The summed E-state index contributed by atoms with van der Waals surface area (Å²) in [5.41, 5.74) is -0.0968. The van der Waals surface area contributed by atoms with Gasteiger partial charge in [-0.25, -0.2) is 4.79 Å². The number of piperazine rings is 1. The summed E-state index contributed by atoms with van der Waals surface area (Å²) in [6, 6.07) is 0. The molecule has 0 radical (unpaired) electrons. The first-order chi connectivity index (χ1) is 11.0. The standard InChI is InChI=1S/C13H19N5O5/c1-2-23-13(20)16-7-5-15(6-8-16)12(19)3-4-17-10-11(9-14-17)18(21)22/h9-10H,2-8H2,1H3. The van der Waals surface area contributed by atoms with E-state index < -0.39 is 4.92 Å². The van der Waals surface area contributed by atoms with E-state index in [1.54, 1.807) is 16.7 Å². The van der Waals surface area contributed by atoms with Gasteiger partial charge < -0.3 is 14.5 Å². The number of carbonyl (C=O) groups excluding carboxylic acids is 2. The summed E-state index contributed by atoms with van der Waals surface area (Å²) in [6.07, 6.45) is 2.30. The molecule has 1 saturated heterocycles. The van der Waals surface area contributed by atoms with Crippen molar-refractivity contribution in [2.24, 2.45) is 0 Å². The Morgan fingerprint density at radius 3 is 2.52 bits per heavy atom. The van der Waals surface area contributed by atoms with Gasteiger partial charge in [0.1, 0.15) is 12.4 Å². The van der Waals surface area contributed by atoms with Crippen LogP contribution in [0.1, 0.15) is 13.3 Å². The lowest BCUT2D eigenvalue weighted by molar-refractivity contribution is -0.385. The second kappa shape index (κ2) is 7.56. The molecule has 1 aliphatic rings. The Morgan fingerprint density at radius 2 is 1.96 bits per heavy atom. The molecular formula is C13H19N5O5. The van der Waals surface area contributed by atoms with E-state index in [2.05, 4.69) is 5.10 Å². The van der Waals surface area contributed by atoms with Gasteiger partial charge >= 0.3 is 11.8 Å². The Bertz CT molecular complexity index is 579. The van der Waals surface area contributed by atoms with Crippen molar-refractivity contribution in [1.29, 1.82) is 0 Å². The lowest BCUT2D eigenvalue weighted by Crippen LogP contribution is -2.50. The van der Waals surface area contributed by atoms with Crippen LogP contribution in [0.25, 0.3) is 0 Å². The Balaban J connectivity index is 1.76. The summed E-state index contributed by atoms with van der Waals surface area (Å²) >= 11 is 0. The SMILES string of the molecule is CCOC(=O)N1CCN(C(=O)CCn2cc([N+](=O)[O-])cn2)CC1. The molecule has 0 aliphatic carbocycles. The molecule has 2 heterocycles. The lowest BCUT2D eigenvalue weighted by Gasteiger charge is -2.34. The van der Waals surface area contributed by atoms with Crippen molar-refractivity contribution in [3.63, 3.8) is 0 Å². The van der Waals surface area contributed by atoms with Crippen molar-refractivity contribution in [2.75, 3.05) is 32.8 Å². The molecule has 0 atom stereocenters. The highest BCUT2D eigenvalue weighted by Gasteiger charge is 2.24. The van der Waals surface area contributed by atoms with Crippen LogP contribution < -0.4 is 0 Å². The Labute approximate surface area is 132 Å². The molecule has 0 aromatic carbocycles. The minimum absolute atomic E-state index is 0.0633. The number of hydrogen-bond acceptors (Lipinski definition) is 6. The summed E-state index contributed by atoms with van der Waals surface area (Å²) in [7, 11) is 0. The summed E-state index contributed by atoms with van der Waals surface area (Å²) in [6.45, 7) is 4.15. The number of ether oxygens (including phenoxy) is 1. The number of amides is 2. The molecule has 0 unspecified atom stereocenters. The van der Waals surface area contributed by atoms with Gasteiger partial charge in [-0.2, -0.15) is 5.10 Å². The van der Waals surface area contributed by atoms with Gasteiger partial charge in [-0.1, -0.05) is 0 Å². The zero-order valence-corrected chi connectivity index (χ0v) is 12.9. The number of rotatable bonds is 5. The number of aryl methyl sites for hydroxylation is 1. The van der Waals surface area contributed by atoms with Crippen LogP contribution in [0.2, 0.25) is 0 Å². The minimum atomic E-state index is -0.528. The van der Waals surface area contributed by atoms with Crippen LogP contribution in [0.15, 0.2) is 12.4 Å². The fourth-order valence-corrected chi connectivity index (χ4v) is 2.29. The Morgan fingerprint density at radius 1 is 1.30 bits per heavy atom. The van der Waals surface area contributed by atoms with Gasteiger partial charge in [-0.3, -0.25) is 19.6 Å². The Hall–Kier alpha value is -2.65. The number of hydrogen-bond donors (Lipinski definition) is 0. The third-order valence-corrected chi connectivity index (χ3v) is 3.54. The van der Waals surface area contributed by atoms with Crippen molar-refractivity contribution in [3.8, 4) is 0 Å². The van der Waals surface area contributed by atoms with Crippen molar-refractivity contribution in [1.82, 2.24) is 19.6 Å². The van der Waals surface area contributed by atoms with Gasteiger partial charge in [0.2, 0.25) is 5.91 Å². The number of nitrogens with zero attached hydrogens (tertiary/aromatic N) is 5. The summed E-state index contributed by atoms with van der Waals surface area (Å²) in [5.74, 6) is -0.0633. The molecule has 1 fully saturated rings. The monoisotopic (exact) mass is 325 g/mol. The molecule has 126 valence electrons. The summed E-state index contributed by atoms with van der Waals surface area (Å²) in [5, 5.41) is 14.4. The van der Waals surface area contributed by atoms with Gasteiger partial charge in [0.25, 0.3) is 0 Å². The van der Waals surface area contributed by atoms with E-state index in [0.29, 0.717) is 32.8 Å². The van der Waals surface area contributed by atoms with Crippen LogP contribution >= 0.6 is 0 Å². The average Bonchev–Trinajstić information content (AvgIpc) is 3.02. The second-order valence-electron chi connectivity index (χ2n) is 5.04. The summed E-state index contributed by atoms with van der Waals surface area (Å²) < 4.78 is 6.30. The van der Waals surface area contributed by atoms with E-state index >= 15 is 0 Å². The van der Waals surface area contributed by atoms with Gasteiger partial charge in [-0.05, 0) is 6.92 Å². The van der Waals surface area contributed by atoms with E-state index in [9.17, 15) is 19.7 Å². The topological polar surface area (TPSA) is 111 Å². The first-order valence-electron chi connectivity index (χ1n) is 7.37. The molecule has 2 rings (SSSR count). The zero-order valence-electron chi connectivity index (χ0n) is 12.9. The fourth-order valence-electron chi connectivity index (χ4n) is 2.29. The van der Waals surface area contributed by atoms with E-state index in [1.165, 1.54) is 10.9 Å². The second-order valence-corrected chi connectivity index (χ2v) is 5.04. The maximum absolute atomic E-state index is 12.1. The molecular weight excluding hydrogens is 306 g/mol. The Kier molecular flexibility index (Phi) is 5.50. The highest BCUT2D eigenvalue weighted by molar-refractivity contribution is 5.76. The van der Waals surface area contributed by atoms with Crippen LogP contribution in [0, 0.1) is 10.1 Å². The molecule has 10 heteroatoms. The molecule has 0 N–H and O–H groups in total. The van der Waals surface area contributed by atoms with Crippen molar-refractivity contribution in [3.05, 3.63) is 22.5 Å². The maximum atomic E-state index is 12.1. The normalized spacial score (nSPS) is 14.7. The van der Waals surface area contributed by atoms with Crippen molar-refractivity contribution < 1.29 is 19.2 Å². The van der Waals surface area contributed by atoms with E-state index in [4.69, 9.17) is 4.74 Å². The minimum Gasteiger partial charge on any atom is -0.450 e. The quantitative estimate of drug-likeness (QED) is 0.575. The van der Waals surface area contributed by atoms with E-state index in [0.717, 1.165) is 6.20 Å². The smallest absolute Gasteiger partial charge is 0.409 e. The fraction of sp³-hybridized carbons (Fsp3) is 0.615. The highest BCUT2D eigenvalue weighted by atomic mass is 16.6. The molecule has 0 spiro atoms. The van der Waals surface area contributed by atoms with Crippen LogP contribution in [0.3, 0.4) is 0 Å². The number of nitro groups is 1. The zero-order chi connectivity index (χ0) is 16.8. The van der Waals surface area contributed by atoms with Crippen LogP contribution in [0.5, 0.6) is 0 Å². The molecule has 0 bridgehead atoms. The summed E-state index contributed by atoms with van der Waals surface area (Å²) in [4.78, 5) is 37.0. The highest BCUT2D eigenvalue weighted by Crippen LogP contribution is 2.10. The third-order valence-electron chi connectivity index (χ3n) is 3.54. The van der Waals surface area contributed by atoms with Gasteiger partial charge in [0.05, 0.1) is 11.5 Å². The lowest BCUT2D eigenvalue weighted by atomic mass is 10.3.